The van der Waals surface area contributed by atoms with Gasteiger partial charge in [0.1, 0.15) is 11.6 Å². The van der Waals surface area contributed by atoms with E-state index >= 15 is 0 Å². The Morgan fingerprint density at radius 2 is 1.83 bits per heavy atom. The van der Waals surface area contributed by atoms with Gasteiger partial charge in [-0.1, -0.05) is 14.4 Å². The number of nitrogens with two attached hydrogens (primary N) is 1. The van der Waals surface area contributed by atoms with E-state index in [4.69, 9.17) is 5.73 Å². The van der Waals surface area contributed by atoms with Crippen LogP contribution in [0.15, 0.2) is 0 Å². The van der Waals surface area contributed by atoms with Gasteiger partial charge in [0.15, 0.2) is 0 Å². The Labute approximate surface area is 74.0 Å². The molecule has 12 heavy (non-hydrogen) atoms. The highest BCUT2D eigenvalue weighted by Gasteiger charge is 2.02. The Morgan fingerprint density at radius 1 is 1.25 bits per heavy atom. The van der Waals surface area contributed by atoms with Crippen LogP contribution in [0.5, 0.6) is 0 Å². The minimum Gasteiger partial charge on any atom is -0.383 e. The van der Waals surface area contributed by atoms with Crippen molar-refractivity contribution in [1.82, 2.24) is 9.97 Å². The molecule has 3 nitrogen and oxygen atoms in total. The molecule has 1 aromatic rings. The third-order valence-electron chi connectivity index (χ3n) is 1.79. The molecule has 0 aliphatic carbocycles. The first-order valence-electron chi connectivity index (χ1n) is 3.74. The summed E-state index contributed by atoms with van der Waals surface area (Å²) in [5.41, 5.74) is 7.61. The standard InChI is InChI=1S/C8H13N3.CH4/c1-4-7-10-6(3)5(2)8(9)11-7;/h4H2,1-3H3,(H2,9,10,11);1H4. The van der Waals surface area contributed by atoms with Crippen molar-refractivity contribution >= 4 is 5.82 Å². The normalized spacial score (nSPS) is 9.25. The van der Waals surface area contributed by atoms with Crippen LogP contribution in [-0.2, 0) is 6.42 Å². The molecule has 68 valence electrons. The summed E-state index contributed by atoms with van der Waals surface area (Å²) in [4.78, 5) is 8.38. The molecule has 1 aromatic heterocycles. The van der Waals surface area contributed by atoms with Crippen LogP contribution in [0.2, 0.25) is 0 Å². The van der Waals surface area contributed by atoms with Gasteiger partial charge in [-0.15, -0.1) is 0 Å². The van der Waals surface area contributed by atoms with Crippen LogP contribution in [-0.4, -0.2) is 9.97 Å². The summed E-state index contributed by atoms with van der Waals surface area (Å²) < 4.78 is 0. The van der Waals surface area contributed by atoms with Crippen molar-refractivity contribution in [2.24, 2.45) is 0 Å². The van der Waals surface area contributed by atoms with Gasteiger partial charge < -0.3 is 5.73 Å². The lowest BCUT2D eigenvalue weighted by Crippen LogP contribution is -2.03. The van der Waals surface area contributed by atoms with Crippen molar-refractivity contribution in [3.63, 3.8) is 0 Å². The van der Waals surface area contributed by atoms with Crippen molar-refractivity contribution in [1.29, 1.82) is 0 Å². The van der Waals surface area contributed by atoms with Crippen LogP contribution in [0.1, 0.15) is 31.4 Å². The average Bonchev–Trinajstić information content (AvgIpc) is 1.99. The van der Waals surface area contributed by atoms with Crippen LogP contribution in [0, 0.1) is 13.8 Å². The number of rotatable bonds is 1. The fourth-order valence-electron chi connectivity index (χ4n) is 0.869. The smallest absolute Gasteiger partial charge is 0.130 e. The van der Waals surface area contributed by atoms with Gasteiger partial charge in [-0.25, -0.2) is 9.97 Å². The molecule has 0 unspecified atom stereocenters. The van der Waals surface area contributed by atoms with E-state index in [-0.39, 0.29) is 7.43 Å². The lowest BCUT2D eigenvalue weighted by atomic mass is 10.2. The van der Waals surface area contributed by atoms with Gasteiger partial charge >= 0.3 is 0 Å². The maximum Gasteiger partial charge on any atom is 0.130 e. The zero-order valence-corrected chi connectivity index (χ0v) is 7.18. The van der Waals surface area contributed by atoms with E-state index in [0.717, 1.165) is 23.5 Å². The van der Waals surface area contributed by atoms with Crippen LogP contribution in [0.3, 0.4) is 0 Å². The molecule has 0 saturated carbocycles. The predicted molar refractivity (Wildman–Crippen MR) is 52.0 cm³/mol. The van der Waals surface area contributed by atoms with Crippen molar-refractivity contribution < 1.29 is 0 Å². The summed E-state index contributed by atoms with van der Waals surface area (Å²) in [6, 6.07) is 0. The maximum atomic E-state index is 5.65. The second kappa shape index (κ2) is 4.04. The van der Waals surface area contributed by atoms with Gasteiger partial charge in [0.25, 0.3) is 0 Å². The Morgan fingerprint density at radius 3 is 2.25 bits per heavy atom. The molecule has 3 heteroatoms. The van der Waals surface area contributed by atoms with Crippen molar-refractivity contribution in [2.75, 3.05) is 5.73 Å². The fourth-order valence-corrected chi connectivity index (χ4v) is 0.869. The first-order valence-corrected chi connectivity index (χ1v) is 3.74. The van der Waals surface area contributed by atoms with Crippen molar-refractivity contribution in [3.05, 3.63) is 17.1 Å². The monoisotopic (exact) mass is 167 g/mol. The molecule has 1 rings (SSSR count). The van der Waals surface area contributed by atoms with Crippen molar-refractivity contribution in [2.45, 2.75) is 34.6 Å². The molecule has 0 amide bonds. The molecule has 0 aromatic carbocycles. The van der Waals surface area contributed by atoms with Gasteiger partial charge in [0.2, 0.25) is 0 Å². The Bertz CT molecular complexity index is 245. The maximum absolute atomic E-state index is 5.65. The number of aromatic nitrogens is 2. The number of nitrogens with zero attached hydrogens (tertiary/aromatic N) is 2. The van der Waals surface area contributed by atoms with Gasteiger partial charge in [-0.05, 0) is 13.8 Å². The molecule has 0 atom stereocenters. The summed E-state index contributed by atoms with van der Waals surface area (Å²) >= 11 is 0. The molecule has 0 aliphatic heterocycles. The lowest BCUT2D eigenvalue weighted by molar-refractivity contribution is 0.911. The number of anilines is 1. The van der Waals surface area contributed by atoms with E-state index in [1.54, 1.807) is 0 Å². The molecule has 0 radical (unpaired) electrons. The molecular formula is C9H17N3. The molecule has 0 spiro atoms. The first kappa shape index (κ1) is 10.9. The number of aryl methyl sites for hydroxylation is 2. The topological polar surface area (TPSA) is 51.8 Å². The van der Waals surface area contributed by atoms with E-state index in [1.807, 2.05) is 20.8 Å². The van der Waals surface area contributed by atoms with E-state index < -0.39 is 0 Å². The Balaban J connectivity index is 0.00000121. The van der Waals surface area contributed by atoms with Gasteiger partial charge in [-0.2, -0.15) is 0 Å². The molecule has 0 aliphatic rings. The highest BCUT2D eigenvalue weighted by molar-refractivity contribution is 5.40. The lowest BCUT2D eigenvalue weighted by Gasteiger charge is -2.04. The summed E-state index contributed by atoms with van der Waals surface area (Å²) in [5, 5.41) is 0. The third kappa shape index (κ3) is 1.94. The van der Waals surface area contributed by atoms with E-state index in [9.17, 15) is 0 Å². The first-order chi connectivity index (χ1) is 5.15. The minimum atomic E-state index is 0. The van der Waals surface area contributed by atoms with E-state index in [2.05, 4.69) is 9.97 Å². The van der Waals surface area contributed by atoms with Crippen LogP contribution < -0.4 is 5.73 Å². The molecule has 0 fully saturated rings. The predicted octanol–water partition coefficient (Wildman–Crippen LogP) is 1.87. The van der Waals surface area contributed by atoms with Crippen LogP contribution in [0.4, 0.5) is 5.82 Å². The summed E-state index contributed by atoms with van der Waals surface area (Å²) in [6.07, 6.45) is 0.839. The number of hydrogen-bond donors (Lipinski definition) is 1. The molecule has 0 bridgehead atoms. The zero-order chi connectivity index (χ0) is 8.43. The second-order valence-corrected chi connectivity index (χ2v) is 2.59. The zero-order valence-electron chi connectivity index (χ0n) is 7.18. The van der Waals surface area contributed by atoms with Gasteiger partial charge in [0.05, 0.1) is 0 Å². The molecular weight excluding hydrogens is 150 g/mol. The third-order valence-corrected chi connectivity index (χ3v) is 1.79. The largest absolute Gasteiger partial charge is 0.383 e. The summed E-state index contributed by atoms with van der Waals surface area (Å²) in [5.74, 6) is 1.43. The Hall–Kier alpha value is -1.12. The highest BCUT2D eigenvalue weighted by atomic mass is 14.9. The summed E-state index contributed by atoms with van der Waals surface area (Å²) in [6.45, 7) is 5.90. The number of hydrogen-bond acceptors (Lipinski definition) is 3. The second-order valence-electron chi connectivity index (χ2n) is 2.59. The van der Waals surface area contributed by atoms with Crippen LogP contribution in [0.25, 0.3) is 0 Å². The number of nitrogen functional groups attached to an aromatic ring is 1. The fraction of sp³-hybridized carbons (Fsp3) is 0.556. The van der Waals surface area contributed by atoms with E-state index in [1.165, 1.54) is 0 Å². The average molecular weight is 167 g/mol. The van der Waals surface area contributed by atoms with Gasteiger partial charge in [0, 0.05) is 17.7 Å². The minimum absolute atomic E-state index is 0. The molecule has 2 N–H and O–H groups in total. The van der Waals surface area contributed by atoms with Gasteiger partial charge in [-0.3, -0.25) is 0 Å². The Kier molecular flexibility index (Phi) is 3.67. The van der Waals surface area contributed by atoms with Crippen molar-refractivity contribution in [3.8, 4) is 0 Å². The highest BCUT2D eigenvalue weighted by Crippen LogP contribution is 2.10. The quantitative estimate of drug-likeness (QED) is 0.694. The molecule has 0 saturated heterocycles. The van der Waals surface area contributed by atoms with E-state index in [0.29, 0.717) is 5.82 Å². The molecule has 1 heterocycles. The SMILES string of the molecule is C.CCc1nc(C)c(C)c(N)n1. The summed E-state index contributed by atoms with van der Waals surface area (Å²) in [7, 11) is 0. The van der Waals surface area contributed by atoms with Crippen LogP contribution >= 0.6 is 0 Å².